The van der Waals surface area contributed by atoms with Gasteiger partial charge in [0.25, 0.3) is 0 Å². The summed E-state index contributed by atoms with van der Waals surface area (Å²) in [6.45, 7) is 0. The summed E-state index contributed by atoms with van der Waals surface area (Å²) in [4.78, 5) is 0. The Morgan fingerprint density at radius 2 is 2.33 bits per heavy atom. The fourth-order valence-corrected chi connectivity index (χ4v) is 1.46. The molecular formula is C7H7BrN4. The molecule has 0 unspecified atom stereocenters. The zero-order valence-corrected chi connectivity index (χ0v) is 7.72. The molecule has 0 fully saturated rings. The number of hydrogen-bond donors (Lipinski definition) is 3. The number of nitrogens with zero attached hydrogens (tertiary/aromatic N) is 1. The van der Waals surface area contributed by atoms with Crippen molar-refractivity contribution >= 4 is 32.7 Å². The van der Waals surface area contributed by atoms with E-state index in [0.717, 1.165) is 15.4 Å². The Balaban J connectivity index is 2.73. The summed E-state index contributed by atoms with van der Waals surface area (Å²) in [5, 5.41) is 7.82. The molecule has 62 valence electrons. The van der Waals surface area contributed by atoms with Gasteiger partial charge in [-0.3, -0.25) is 5.10 Å². The van der Waals surface area contributed by atoms with Gasteiger partial charge in [0, 0.05) is 9.86 Å². The average Bonchev–Trinajstić information content (AvgIpc) is 2.46. The van der Waals surface area contributed by atoms with E-state index in [-0.39, 0.29) is 0 Å². The van der Waals surface area contributed by atoms with Gasteiger partial charge in [-0.1, -0.05) is 15.9 Å². The molecule has 0 amide bonds. The Bertz CT molecular complexity index is 409. The number of anilines is 1. The zero-order valence-electron chi connectivity index (χ0n) is 6.13. The monoisotopic (exact) mass is 226 g/mol. The van der Waals surface area contributed by atoms with E-state index in [1.165, 1.54) is 0 Å². The summed E-state index contributed by atoms with van der Waals surface area (Å²) in [5.74, 6) is 5.92. The maximum Gasteiger partial charge on any atom is 0.169 e. The van der Waals surface area contributed by atoms with Gasteiger partial charge < -0.3 is 5.43 Å². The SMILES string of the molecule is NNc1n[nH]c2cc(Br)ccc12. The van der Waals surface area contributed by atoms with E-state index in [2.05, 4.69) is 31.6 Å². The summed E-state index contributed by atoms with van der Waals surface area (Å²) < 4.78 is 1.02. The average molecular weight is 227 g/mol. The van der Waals surface area contributed by atoms with E-state index < -0.39 is 0 Å². The summed E-state index contributed by atoms with van der Waals surface area (Å²) >= 11 is 3.36. The number of hydrogen-bond acceptors (Lipinski definition) is 3. The first kappa shape index (κ1) is 7.57. The molecule has 0 atom stereocenters. The molecule has 0 spiro atoms. The van der Waals surface area contributed by atoms with Gasteiger partial charge in [0.05, 0.1) is 5.52 Å². The second-order valence-corrected chi connectivity index (χ2v) is 3.32. The largest absolute Gasteiger partial charge is 0.306 e. The molecule has 12 heavy (non-hydrogen) atoms. The zero-order chi connectivity index (χ0) is 8.55. The number of aromatic nitrogens is 2. The first-order chi connectivity index (χ1) is 5.81. The molecule has 0 aliphatic rings. The predicted molar refractivity (Wildman–Crippen MR) is 51.6 cm³/mol. The van der Waals surface area contributed by atoms with Crippen molar-refractivity contribution in [3.05, 3.63) is 22.7 Å². The maximum atomic E-state index is 5.25. The van der Waals surface area contributed by atoms with Gasteiger partial charge in [-0.15, -0.1) is 0 Å². The van der Waals surface area contributed by atoms with Crippen molar-refractivity contribution in [1.29, 1.82) is 0 Å². The van der Waals surface area contributed by atoms with E-state index >= 15 is 0 Å². The van der Waals surface area contributed by atoms with Crippen molar-refractivity contribution in [3.63, 3.8) is 0 Å². The molecule has 0 saturated carbocycles. The third-order valence-corrected chi connectivity index (χ3v) is 2.15. The van der Waals surface area contributed by atoms with Crippen molar-refractivity contribution in [2.24, 2.45) is 5.84 Å². The highest BCUT2D eigenvalue weighted by molar-refractivity contribution is 9.10. The van der Waals surface area contributed by atoms with Crippen molar-refractivity contribution in [2.75, 3.05) is 5.43 Å². The lowest BCUT2D eigenvalue weighted by molar-refractivity contribution is 1.10. The highest BCUT2D eigenvalue weighted by atomic mass is 79.9. The molecule has 1 aromatic carbocycles. The molecule has 5 heteroatoms. The molecular weight excluding hydrogens is 220 g/mol. The number of nitrogens with one attached hydrogen (secondary N) is 2. The topological polar surface area (TPSA) is 66.7 Å². The molecule has 0 aliphatic heterocycles. The van der Waals surface area contributed by atoms with Crippen molar-refractivity contribution in [3.8, 4) is 0 Å². The van der Waals surface area contributed by atoms with E-state index in [1.807, 2.05) is 18.2 Å². The van der Waals surface area contributed by atoms with Crippen LogP contribution in [-0.4, -0.2) is 10.2 Å². The van der Waals surface area contributed by atoms with Gasteiger partial charge in [-0.25, -0.2) is 5.84 Å². The Morgan fingerprint density at radius 1 is 1.50 bits per heavy atom. The molecule has 0 radical (unpaired) electrons. The minimum atomic E-state index is 0.664. The van der Waals surface area contributed by atoms with Crippen LogP contribution in [0.2, 0.25) is 0 Å². The smallest absolute Gasteiger partial charge is 0.169 e. The molecule has 0 saturated heterocycles. The molecule has 4 nitrogen and oxygen atoms in total. The van der Waals surface area contributed by atoms with Crippen LogP contribution in [-0.2, 0) is 0 Å². The molecule has 1 heterocycles. The van der Waals surface area contributed by atoms with Crippen LogP contribution in [0, 0.1) is 0 Å². The number of rotatable bonds is 1. The number of benzene rings is 1. The fraction of sp³-hybridized carbons (Fsp3) is 0. The van der Waals surface area contributed by atoms with Gasteiger partial charge in [-0.05, 0) is 18.2 Å². The Hall–Kier alpha value is -1.07. The lowest BCUT2D eigenvalue weighted by atomic mass is 10.2. The number of nitrogens with two attached hydrogens (primary N) is 1. The van der Waals surface area contributed by atoms with Crippen LogP contribution in [0.1, 0.15) is 0 Å². The lowest BCUT2D eigenvalue weighted by Gasteiger charge is -1.93. The Morgan fingerprint density at radius 3 is 3.08 bits per heavy atom. The first-order valence-corrected chi connectivity index (χ1v) is 4.21. The van der Waals surface area contributed by atoms with E-state index in [4.69, 9.17) is 5.84 Å². The first-order valence-electron chi connectivity index (χ1n) is 3.41. The highest BCUT2D eigenvalue weighted by Gasteiger charge is 2.02. The van der Waals surface area contributed by atoms with Crippen LogP contribution in [0.25, 0.3) is 10.9 Å². The van der Waals surface area contributed by atoms with Gasteiger partial charge >= 0.3 is 0 Å². The number of fused-ring (bicyclic) bond motifs is 1. The van der Waals surface area contributed by atoms with E-state index in [9.17, 15) is 0 Å². The van der Waals surface area contributed by atoms with Crippen LogP contribution in [0.3, 0.4) is 0 Å². The lowest BCUT2D eigenvalue weighted by Crippen LogP contribution is -2.06. The molecule has 1 aromatic heterocycles. The van der Waals surface area contributed by atoms with Crippen LogP contribution in [0.15, 0.2) is 22.7 Å². The van der Waals surface area contributed by atoms with Crippen molar-refractivity contribution in [2.45, 2.75) is 0 Å². The number of halogens is 1. The normalized spacial score (nSPS) is 10.5. The number of nitrogen functional groups attached to an aromatic ring is 1. The third kappa shape index (κ3) is 1.07. The van der Waals surface area contributed by atoms with Crippen LogP contribution in [0.5, 0.6) is 0 Å². The standard InChI is InChI=1S/C7H7BrN4/c8-4-1-2-5-6(3-4)11-12-7(5)10-9/h1-3H,9H2,(H2,10,11,12). The highest BCUT2D eigenvalue weighted by Crippen LogP contribution is 2.22. The third-order valence-electron chi connectivity index (χ3n) is 1.66. The van der Waals surface area contributed by atoms with Gasteiger partial charge in [0.15, 0.2) is 5.82 Å². The van der Waals surface area contributed by atoms with Gasteiger partial charge in [0.1, 0.15) is 0 Å². The minimum Gasteiger partial charge on any atom is -0.306 e. The molecule has 0 aliphatic carbocycles. The van der Waals surface area contributed by atoms with E-state index in [1.54, 1.807) is 0 Å². The molecule has 2 aromatic rings. The van der Waals surface area contributed by atoms with Crippen LogP contribution >= 0.6 is 15.9 Å². The fourth-order valence-electron chi connectivity index (χ4n) is 1.10. The summed E-state index contributed by atoms with van der Waals surface area (Å²) in [5.41, 5.74) is 3.47. The number of hydrazine groups is 1. The maximum absolute atomic E-state index is 5.25. The summed E-state index contributed by atoms with van der Waals surface area (Å²) in [7, 11) is 0. The van der Waals surface area contributed by atoms with Crippen LogP contribution < -0.4 is 11.3 Å². The Kier molecular flexibility index (Phi) is 1.74. The quantitative estimate of drug-likeness (QED) is 0.512. The molecule has 0 bridgehead atoms. The molecule has 2 rings (SSSR count). The van der Waals surface area contributed by atoms with Crippen molar-refractivity contribution < 1.29 is 0 Å². The number of aromatic amines is 1. The van der Waals surface area contributed by atoms with Gasteiger partial charge in [0.2, 0.25) is 0 Å². The van der Waals surface area contributed by atoms with E-state index in [0.29, 0.717) is 5.82 Å². The molecule has 4 N–H and O–H groups in total. The second kappa shape index (κ2) is 2.76. The van der Waals surface area contributed by atoms with Gasteiger partial charge in [-0.2, -0.15) is 5.10 Å². The predicted octanol–water partition coefficient (Wildman–Crippen LogP) is 1.61. The summed E-state index contributed by atoms with van der Waals surface area (Å²) in [6, 6.07) is 5.83. The van der Waals surface area contributed by atoms with Crippen molar-refractivity contribution in [1.82, 2.24) is 10.2 Å². The summed E-state index contributed by atoms with van der Waals surface area (Å²) in [6.07, 6.45) is 0. The second-order valence-electron chi connectivity index (χ2n) is 2.41. The minimum absolute atomic E-state index is 0.664. The number of H-pyrrole nitrogens is 1. The van der Waals surface area contributed by atoms with Crippen LogP contribution in [0.4, 0.5) is 5.82 Å². The Labute approximate surface area is 77.2 Å².